The molecular formula is C19H28N2O2. The van der Waals surface area contributed by atoms with E-state index < -0.39 is 0 Å². The minimum absolute atomic E-state index is 0.126. The molecule has 0 radical (unpaired) electrons. The molecule has 126 valence electrons. The van der Waals surface area contributed by atoms with Crippen LogP contribution < -0.4 is 10.1 Å². The van der Waals surface area contributed by atoms with Crippen LogP contribution in [0, 0.1) is 18.8 Å². The monoisotopic (exact) mass is 316 g/mol. The standard InChI is InChI=1S/C19H28N2O2/c1-3-8-21-9-6-15-12-19(22)20-17-11-14(2)4-5-18(17)23-10-7-16(15)13-21/h4-5,11,15-16H,3,6-10,12-13H2,1-2H3,(H,20,22)/t15-,16-/m0/s1. The average molecular weight is 316 g/mol. The fourth-order valence-corrected chi connectivity index (χ4v) is 3.90. The average Bonchev–Trinajstić information content (AvgIpc) is 2.52. The maximum absolute atomic E-state index is 12.5. The van der Waals surface area contributed by atoms with E-state index in [2.05, 4.69) is 17.1 Å². The molecule has 0 aromatic heterocycles. The first kappa shape index (κ1) is 16.3. The predicted molar refractivity (Wildman–Crippen MR) is 92.9 cm³/mol. The van der Waals surface area contributed by atoms with Crippen molar-refractivity contribution in [2.75, 3.05) is 31.6 Å². The normalized spacial score (nSPS) is 25.7. The zero-order valence-corrected chi connectivity index (χ0v) is 14.3. The van der Waals surface area contributed by atoms with Crippen LogP contribution in [0.2, 0.25) is 0 Å². The molecule has 1 amide bonds. The number of likely N-dealkylation sites (tertiary alicyclic amines) is 1. The Hall–Kier alpha value is -1.55. The molecule has 3 rings (SSSR count). The van der Waals surface area contributed by atoms with Crippen LogP contribution in [0.1, 0.15) is 38.2 Å². The number of hydrogen-bond acceptors (Lipinski definition) is 3. The maximum atomic E-state index is 12.5. The van der Waals surface area contributed by atoms with Gasteiger partial charge < -0.3 is 15.0 Å². The molecule has 23 heavy (non-hydrogen) atoms. The van der Waals surface area contributed by atoms with Crippen LogP contribution in [-0.2, 0) is 4.79 Å². The lowest BCUT2D eigenvalue weighted by molar-refractivity contribution is -0.118. The highest BCUT2D eigenvalue weighted by Crippen LogP contribution is 2.33. The largest absolute Gasteiger partial charge is 0.491 e. The number of nitrogens with zero attached hydrogens (tertiary/aromatic N) is 1. The van der Waals surface area contributed by atoms with Crippen molar-refractivity contribution in [2.24, 2.45) is 11.8 Å². The predicted octanol–water partition coefficient (Wildman–Crippen LogP) is 3.45. The highest BCUT2D eigenvalue weighted by Gasteiger charge is 2.31. The number of amides is 1. The van der Waals surface area contributed by atoms with Gasteiger partial charge in [0.2, 0.25) is 5.91 Å². The molecule has 4 heteroatoms. The van der Waals surface area contributed by atoms with Crippen LogP contribution in [-0.4, -0.2) is 37.0 Å². The molecule has 1 saturated heterocycles. The molecule has 0 aliphatic carbocycles. The van der Waals surface area contributed by atoms with Crippen molar-refractivity contribution in [3.8, 4) is 5.75 Å². The smallest absolute Gasteiger partial charge is 0.224 e. The highest BCUT2D eigenvalue weighted by atomic mass is 16.5. The number of aryl methyl sites for hydroxylation is 1. The molecule has 1 aromatic rings. The number of fused-ring (bicyclic) bond motifs is 2. The first-order valence-corrected chi connectivity index (χ1v) is 8.91. The van der Waals surface area contributed by atoms with Crippen molar-refractivity contribution in [1.29, 1.82) is 0 Å². The zero-order valence-electron chi connectivity index (χ0n) is 14.3. The molecule has 0 spiro atoms. The third kappa shape index (κ3) is 4.05. The SMILES string of the molecule is CCCN1CC[C@H]2CC(=O)Nc3cc(C)ccc3OCC[C@H]2C1. The molecule has 1 fully saturated rings. The minimum Gasteiger partial charge on any atom is -0.491 e. The summed E-state index contributed by atoms with van der Waals surface area (Å²) in [6.45, 7) is 8.39. The molecule has 4 nitrogen and oxygen atoms in total. The lowest BCUT2D eigenvalue weighted by atomic mass is 9.81. The van der Waals surface area contributed by atoms with E-state index in [0.717, 1.165) is 49.5 Å². The fourth-order valence-electron chi connectivity index (χ4n) is 3.90. The van der Waals surface area contributed by atoms with E-state index in [4.69, 9.17) is 4.74 Å². The molecule has 1 aromatic carbocycles. The molecule has 2 atom stereocenters. The van der Waals surface area contributed by atoms with Gasteiger partial charge in [-0.25, -0.2) is 0 Å². The molecule has 0 unspecified atom stereocenters. The van der Waals surface area contributed by atoms with E-state index in [1.165, 1.54) is 13.0 Å². The van der Waals surface area contributed by atoms with E-state index in [9.17, 15) is 4.79 Å². The number of ether oxygens (including phenoxy) is 1. The van der Waals surface area contributed by atoms with Gasteiger partial charge in [0.25, 0.3) is 0 Å². The van der Waals surface area contributed by atoms with Crippen molar-refractivity contribution < 1.29 is 9.53 Å². The topological polar surface area (TPSA) is 41.6 Å². The van der Waals surface area contributed by atoms with E-state index in [0.29, 0.717) is 18.3 Å². The number of piperidine rings is 1. The first-order chi connectivity index (χ1) is 11.2. The van der Waals surface area contributed by atoms with Crippen LogP contribution in [0.5, 0.6) is 5.75 Å². The Bertz CT molecular complexity index is 558. The van der Waals surface area contributed by atoms with Crippen LogP contribution in [0.4, 0.5) is 5.69 Å². The van der Waals surface area contributed by atoms with E-state index >= 15 is 0 Å². The number of benzene rings is 1. The van der Waals surface area contributed by atoms with Gasteiger partial charge in [-0.15, -0.1) is 0 Å². The summed E-state index contributed by atoms with van der Waals surface area (Å²) in [7, 11) is 0. The van der Waals surface area contributed by atoms with Crippen molar-refractivity contribution in [1.82, 2.24) is 4.90 Å². The summed E-state index contributed by atoms with van der Waals surface area (Å²) in [5.74, 6) is 1.97. The van der Waals surface area contributed by atoms with Gasteiger partial charge in [-0.1, -0.05) is 13.0 Å². The Balaban J connectivity index is 1.74. The van der Waals surface area contributed by atoms with Gasteiger partial charge in [-0.05, 0) is 68.8 Å². The van der Waals surface area contributed by atoms with Gasteiger partial charge in [-0.3, -0.25) is 4.79 Å². The Labute approximate surface area is 139 Å². The summed E-state index contributed by atoms with van der Waals surface area (Å²) >= 11 is 0. The number of rotatable bonds is 2. The second kappa shape index (κ2) is 7.35. The summed E-state index contributed by atoms with van der Waals surface area (Å²) in [5, 5.41) is 3.06. The minimum atomic E-state index is 0.126. The van der Waals surface area contributed by atoms with E-state index in [1.807, 2.05) is 25.1 Å². The van der Waals surface area contributed by atoms with Crippen LogP contribution in [0.25, 0.3) is 0 Å². The van der Waals surface area contributed by atoms with Crippen molar-refractivity contribution in [2.45, 2.75) is 39.5 Å². The van der Waals surface area contributed by atoms with Gasteiger partial charge in [0.15, 0.2) is 0 Å². The lowest BCUT2D eigenvalue weighted by Gasteiger charge is -2.39. The third-order valence-electron chi connectivity index (χ3n) is 5.12. The quantitative estimate of drug-likeness (QED) is 0.908. The molecule has 2 aliphatic rings. The van der Waals surface area contributed by atoms with Crippen LogP contribution in [0.15, 0.2) is 18.2 Å². The van der Waals surface area contributed by atoms with Gasteiger partial charge in [0.1, 0.15) is 5.75 Å². The molecule has 2 aliphatic heterocycles. The second-order valence-electron chi connectivity index (χ2n) is 7.00. The van der Waals surface area contributed by atoms with Crippen LogP contribution in [0.3, 0.4) is 0 Å². The third-order valence-corrected chi connectivity index (χ3v) is 5.12. The first-order valence-electron chi connectivity index (χ1n) is 8.91. The summed E-state index contributed by atoms with van der Waals surface area (Å²) in [4.78, 5) is 15.0. The summed E-state index contributed by atoms with van der Waals surface area (Å²) in [5.41, 5.74) is 1.95. The second-order valence-corrected chi connectivity index (χ2v) is 7.00. The molecule has 2 heterocycles. The number of carbonyl (C=O) groups excluding carboxylic acids is 1. The van der Waals surface area contributed by atoms with Crippen LogP contribution >= 0.6 is 0 Å². The number of nitrogens with one attached hydrogen (secondary N) is 1. The molecule has 1 N–H and O–H groups in total. The van der Waals surface area contributed by atoms with Gasteiger partial charge in [0.05, 0.1) is 12.3 Å². The Kier molecular flexibility index (Phi) is 5.21. The summed E-state index contributed by atoms with van der Waals surface area (Å²) in [6, 6.07) is 5.99. The van der Waals surface area contributed by atoms with E-state index in [-0.39, 0.29) is 5.91 Å². The van der Waals surface area contributed by atoms with Crippen molar-refractivity contribution in [3.05, 3.63) is 23.8 Å². The van der Waals surface area contributed by atoms with Gasteiger partial charge in [-0.2, -0.15) is 0 Å². The van der Waals surface area contributed by atoms with Crippen molar-refractivity contribution >= 4 is 11.6 Å². The number of carbonyl (C=O) groups is 1. The van der Waals surface area contributed by atoms with E-state index in [1.54, 1.807) is 0 Å². The Morgan fingerprint density at radius 1 is 1.30 bits per heavy atom. The summed E-state index contributed by atoms with van der Waals surface area (Å²) < 4.78 is 5.98. The van der Waals surface area contributed by atoms with Gasteiger partial charge in [0, 0.05) is 13.0 Å². The lowest BCUT2D eigenvalue weighted by Crippen LogP contribution is -2.42. The highest BCUT2D eigenvalue weighted by molar-refractivity contribution is 5.92. The Morgan fingerprint density at radius 2 is 2.17 bits per heavy atom. The molecule has 0 bridgehead atoms. The fraction of sp³-hybridized carbons (Fsp3) is 0.632. The number of hydrogen-bond donors (Lipinski definition) is 1. The molecular weight excluding hydrogens is 288 g/mol. The molecule has 0 saturated carbocycles. The van der Waals surface area contributed by atoms with Crippen molar-refractivity contribution in [3.63, 3.8) is 0 Å². The summed E-state index contributed by atoms with van der Waals surface area (Å²) in [6.07, 6.45) is 3.99. The Morgan fingerprint density at radius 3 is 3.00 bits per heavy atom. The number of anilines is 1. The van der Waals surface area contributed by atoms with Gasteiger partial charge >= 0.3 is 0 Å². The zero-order chi connectivity index (χ0) is 16.2. The maximum Gasteiger partial charge on any atom is 0.224 e.